The summed E-state index contributed by atoms with van der Waals surface area (Å²) in [6, 6.07) is 4.86. The van der Waals surface area contributed by atoms with Crippen LogP contribution < -0.4 is 0 Å². The van der Waals surface area contributed by atoms with Gasteiger partial charge < -0.3 is 0 Å². The van der Waals surface area contributed by atoms with Gasteiger partial charge in [-0.25, -0.2) is 0 Å². The first kappa shape index (κ1) is 21.3. The monoisotopic (exact) mass is 389 g/mol. The highest BCUT2D eigenvalue weighted by Gasteiger charge is 2.37. The molecule has 1 aromatic carbocycles. The lowest BCUT2D eigenvalue weighted by molar-refractivity contribution is -0.143. The lowest BCUT2D eigenvalue weighted by atomic mass is 9.80. The van der Waals surface area contributed by atoms with Crippen molar-refractivity contribution in [2.75, 3.05) is 0 Å². The van der Waals surface area contributed by atoms with Crippen LogP contribution in [0.2, 0.25) is 0 Å². The maximum absolute atomic E-state index is 13.1. The Labute approximate surface area is 154 Å². The van der Waals surface area contributed by atoms with Crippen LogP contribution in [0.25, 0.3) is 11.3 Å². The van der Waals surface area contributed by atoms with E-state index in [1.54, 1.807) is 12.1 Å². The molecular weight excluding hydrogens is 368 g/mol. The second-order valence-corrected chi connectivity index (χ2v) is 7.21. The van der Waals surface area contributed by atoms with E-state index in [1.807, 2.05) is 13.8 Å². The van der Waals surface area contributed by atoms with Crippen molar-refractivity contribution >= 4 is 0 Å². The van der Waals surface area contributed by atoms with Gasteiger partial charge in [-0.1, -0.05) is 33.6 Å². The number of halogens is 6. The van der Waals surface area contributed by atoms with Crippen LogP contribution in [0.4, 0.5) is 26.3 Å². The second-order valence-electron chi connectivity index (χ2n) is 7.21. The van der Waals surface area contributed by atoms with Gasteiger partial charge >= 0.3 is 12.4 Å². The summed E-state index contributed by atoms with van der Waals surface area (Å²) >= 11 is 0. The molecule has 0 fully saturated rings. The first-order chi connectivity index (χ1) is 12.3. The van der Waals surface area contributed by atoms with Crippen molar-refractivity contribution in [2.45, 2.75) is 57.8 Å². The number of benzene rings is 1. The lowest BCUT2D eigenvalue weighted by Gasteiger charge is -2.25. The largest absolute Gasteiger partial charge is 0.416 e. The van der Waals surface area contributed by atoms with Gasteiger partial charge in [0.15, 0.2) is 0 Å². The van der Waals surface area contributed by atoms with Crippen LogP contribution in [0.15, 0.2) is 36.5 Å². The molecule has 0 unspecified atom stereocenters. The van der Waals surface area contributed by atoms with Crippen LogP contribution in [0.5, 0.6) is 0 Å². The molecule has 0 amide bonds. The molecule has 0 saturated heterocycles. The van der Waals surface area contributed by atoms with Crippen molar-refractivity contribution in [3.8, 4) is 11.3 Å². The first-order valence-electron chi connectivity index (χ1n) is 8.61. The third-order valence-electron chi connectivity index (χ3n) is 4.58. The third kappa shape index (κ3) is 5.23. The van der Waals surface area contributed by atoms with E-state index in [0.717, 1.165) is 24.8 Å². The standard InChI is InChI=1S/C20H21F6N/c1-4-5-7-18(2,3)14-6-8-27-17(12-14)13-9-15(19(21,22)23)11-16(10-13)20(24,25)26/h6,8-12H,4-5,7H2,1-3H3. The molecule has 0 atom stereocenters. The number of hydrogen-bond donors (Lipinski definition) is 0. The first-order valence-corrected chi connectivity index (χ1v) is 8.61. The van der Waals surface area contributed by atoms with Gasteiger partial charge in [0.05, 0.1) is 16.8 Å². The summed E-state index contributed by atoms with van der Waals surface area (Å²) in [4.78, 5) is 4.02. The molecule has 0 radical (unpaired) electrons. The van der Waals surface area contributed by atoms with Crippen LogP contribution >= 0.6 is 0 Å². The molecule has 1 nitrogen and oxygen atoms in total. The minimum absolute atomic E-state index is 0.0914. The van der Waals surface area contributed by atoms with Crippen molar-refractivity contribution in [1.29, 1.82) is 0 Å². The smallest absolute Gasteiger partial charge is 0.256 e. The molecule has 0 aliphatic carbocycles. The zero-order chi connectivity index (χ0) is 20.5. The predicted molar refractivity (Wildman–Crippen MR) is 92.2 cm³/mol. The zero-order valence-corrected chi connectivity index (χ0v) is 15.3. The topological polar surface area (TPSA) is 12.9 Å². The Morgan fingerprint density at radius 3 is 1.85 bits per heavy atom. The summed E-state index contributed by atoms with van der Waals surface area (Å²) in [6.45, 7) is 6.04. The van der Waals surface area contributed by atoms with Gasteiger partial charge in [-0.2, -0.15) is 26.3 Å². The average Bonchev–Trinajstić information content (AvgIpc) is 2.58. The molecule has 0 aliphatic heterocycles. The van der Waals surface area contributed by atoms with E-state index in [2.05, 4.69) is 11.9 Å². The number of hydrogen-bond acceptors (Lipinski definition) is 1. The Hall–Kier alpha value is -2.05. The quantitative estimate of drug-likeness (QED) is 0.491. The van der Waals surface area contributed by atoms with Gasteiger partial charge in [-0.3, -0.25) is 4.98 Å². The van der Waals surface area contributed by atoms with Crippen LogP contribution in [0.1, 0.15) is 56.7 Å². The highest BCUT2D eigenvalue weighted by molar-refractivity contribution is 5.63. The van der Waals surface area contributed by atoms with Crippen LogP contribution in [0, 0.1) is 0 Å². The second kappa shape index (κ2) is 7.52. The number of nitrogens with zero attached hydrogens (tertiary/aromatic N) is 1. The number of unbranched alkanes of at least 4 members (excludes halogenated alkanes) is 1. The summed E-state index contributed by atoms with van der Waals surface area (Å²) in [5, 5.41) is 0. The van der Waals surface area contributed by atoms with Crippen molar-refractivity contribution in [2.24, 2.45) is 0 Å². The summed E-state index contributed by atoms with van der Waals surface area (Å²) < 4.78 is 78.4. The van der Waals surface area contributed by atoms with Gasteiger partial charge in [-0.15, -0.1) is 0 Å². The SMILES string of the molecule is CCCCC(C)(C)c1ccnc(-c2cc(C(F)(F)F)cc(C(F)(F)F)c2)c1. The van der Waals surface area contributed by atoms with Crippen LogP contribution in [-0.2, 0) is 17.8 Å². The van der Waals surface area contributed by atoms with E-state index < -0.39 is 23.5 Å². The summed E-state index contributed by atoms with van der Waals surface area (Å²) in [6.07, 6.45) is -5.53. The molecule has 1 aromatic heterocycles. The fourth-order valence-electron chi connectivity index (χ4n) is 2.88. The van der Waals surface area contributed by atoms with Crippen LogP contribution in [0.3, 0.4) is 0 Å². The minimum Gasteiger partial charge on any atom is -0.256 e. The minimum atomic E-state index is -4.88. The van der Waals surface area contributed by atoms with Gasteiger partial charge in [-0.05, 0) is 47.7 Å². The molecule has 0 N–H and O–H groups in total. The zero-order valence-electron chi connectivity index (χ0n) is 15.3. The van der Waals surface area contributed by atoms with Gasteiger partial charge in [0.25, 0.3) is 0 Å². The Morgan fingerprint density at radius 2 is 1.37 bits per heavy atom. The lowest BCUT2D eigenvalue weighted by Crippen LogP contribution is -2.17. The van der Waals surface area contributed by atoms with Crippen molar-refractivity contribution in [3.05, 3.63) is 53.2 Å². The molecule has 0 bridgehead atoms. The fraction of sp³-hybridized carbons (Fsp3) is 0.450. The maximum Gasteiger partial charge on any atom is 0.416 e. The molecule has 148 valence electrons. The Kier molecular flexibility index (Phi) is 5.92. The highest BCUT2D eigenvalue weighted by Crippen LogP contribution is 2.39. The van der Waals surface area contributed by atoms with E-state index in [0.29, 0.717) is 12.1 Å². The van der Waals surface area contributed by atoms with Crippen LogP contribution in [-0.4, -0.2) is 4.98 Å². The van der Waals surface area contributed by atoms with E-state index in [4.69, 9.17) is 0 Å². The normalized spacial score (nSPS) is 13.1. The molecular formula is C20H21F6N. The van der Waals surface area contributed by atoms with Gasteiger partial charge in [0, 0.05) is 11.8 Å². The maximum atomic E-state index is 13.1. The summed E-state index contributed by atoms with van der Waals surface area (Å²) in [5.74, 6) is 0. The third-order valence-corrected chi connectivity index (χ3v) is 4.58. The van der Waals surface area contributed by atoms with Crippen molar-refractivity contribution in [3.63, 3.8) is 0 Å². The average molecular weight is 389 g/mol. The molecule has 1 heterocycles. The molecule has 0 saturated carbocycles. The van der Waals surface area contributed by atoms with E-state index in [-0.39, 0.29) is 22.7 Å². The van der Waals surface area contributed by atoms with E-state index in [1.165, 1.54) is 6.20 Å². The van der Waals surface area contributed by atoms with Gasteiger partial charge in [0.1, 0.15) is 0 Å². The fourth-order valence-corrected chi connectivity index (χ4v) is 2.88. The Bertz CT molecular complexity index is 758. The van der Waals surface area contributed by atoms with Crippen molar-refractivity contribution in [1.82, 2.24) is 4.98 Å². The predicted octanol–water partition coefficient (Wildman–Crippen LogP) is 7.25. The number of pyridine rings is 1. The number of alkyl halides is 6. The number of rotatable bonds is 5. The highest BCUT2D eigenvalue weighted by atomic mass is 19.4. The van der Waals surface area contributed by atoms with Gasteiger partial charge in [0.2, 0.25) is 0 Å². The summed E-state index contributed by atoms with van der Waals surface area (Å²) in [5.41, 5.74) is -2.23. The molecule has 7 heteroatoms. The Balaban J connectivity index is 2.56. The molecule has 2 aromatic rings. The Morgan fingerprint density at radius 1 is 0.815 bits per heavy atom. The van der Waals surface area contributed by atoms with Crippen molar-refractivity contribution < 1.29 is 26.3 Å². The molecule has 27 heavy (non-hydrogen) atoms. The number of aromatic nitrogens is 1. The van der Waals surface area contributed by atoms with E-state index >= 15 is 0 Å². The molecule has 0 aliphatic rings. The van der Waals surface area contributed by atoms with E-state index in [9.17, 15) is 26.3 Å². The molecule has 0 spiro atoms. The summed E-state index contributed by atoms with van der Waals surface area (Å²) in [7, 11) is 0. The molecule has 2 rings (SSSR count).